The molecule has 0 fully saturated rings. The number of thioether (sulfide) groups is 1. The largest absolute Gasteiger partial charge is 0.748 e. The summed E-state index contributed by atoms with van der Waals surface area (Å²) in [5.74, 6) is -0.348. The number of benzene rings is 2. The minimum absolute atomic E-state index is 0.301. The molecule has 3 aromatic rings. The normalized spacial score (nSPS) is 15.5. The van der Waals surface area contributed by atoms with Gasteiger partial charge in [-0.3, -0.25) is 0 Å². The molecule has 5 nitrogen and oxygen atoms in total. The van der Waals surface area contributed by atoms with Crippen LogP contribution in [-0.4, -0.2) is 25.8 Å². The molecule has 0 radical (unpaired) electrons. The van der Waals surface area contributed by atoms with Crippen LogP contribution in [-0.2, 0) is 16.7 Å². The molecule has 1 aromatic heterocycles. The van der Waals surface area contributed by atoms with Crippen LogP contribution in [0.1, 0.15) is 17.0 Å². The molecule has 8 heteroatoms. The average molecular weight is 433 g/mol. The smallest absolute Gasteiger partial charge is 0.265 e. The zero-order valence-corrected chi connectivity index (χ0v) is 18.0. The molecule has 28 heavy (non-hydrogen) atoms. The summed E-state index contributed by atoms with van der Waals surface area (Å²) in [5, 5.41) is 2.17. The van der Waals surface area contributed by atoms with Gasteiger partial charge in [-0.25, -0.2) is 8.42 Å². The molecule has 0 bridgehead atoms. The third-order valence-electron chi connectivity index (χ3n) is 4.68. The predicted octanol–water partition coefficient (Wildman–Crippen LogP) is 3.97. The first-order valence-corrected chi connectivity index (χ1v) is 12.1. The number of aryl methyl sites for hydroxylation is 2. The first-order valence-electron chi connectivity index (χ1n) is 8.91. The summed E-state index contributed by atoms with van der Waals surface area (Å²) in [4.78, 5) is 3.41. The average Bonchev–Trinajstić information content (AvgIpc) is 3.13. The topological polar surface area (TPSA) is 64.3 Å². The van der Waals surface area contributed by atoms with E-state index in [9.17, 15) is 13.0 Å². The van der Waals surface area contributed by atoms with Gasteiger partial charge in [-0.15, -0.1) is 0 Å². The quantitative estimate of drug-likeness (QED) is 0.451. The van der Waals surface area contributed by atoms with Gasteiger partial charge in [-0.2, -0.15) is 4.57 Å². The van der Waals surface area contributed by atoms with Crippen molar-refractivity contribution in [1.82, 2.24) is 0 Å². The Morgan fingerprint density at radius 3 is 2.79 bits per heavy atom. The fourth-order valence-corrected chi connectivity index (χ4v) is 6.05. The van der Waals surface area contributed by atoms with Crippen molar-refractivity contribution in [1.29, 1.82) is 0 Å². The summed E-state index contributed by atoms with van der Waals surface area (Å²) >= 11 is 3.40. The lowest BCUT2D eigenvalue weighted by molar-refractivity contribution is -0.668. The molecule has 4 rings (SSSR count). The van der Waals surface area contributed by atoms with E-state index in [0.29, 0.717) is 13.0 Å². The maximum absolute atomic E-state index is 11.0. The molecule has 0 spiro atoms. The van der Waals surface area contributed by atoms with Crippen LogP contribution in [0, 0.1) is 6.92 Å². The summed E-state index contributed by atoms with van der Waals surface area (Å²) in [6.45, 7) is 2.58. The summed E-state index contributed by atoms with van der Waals surface area (Å²) in [5.41, 5.74) is 3.48. The first kappa shape index (κ1) is 19.4. The number of fused-ring (bicyclic) bond motifs is 2. The van der Waals surface area contributed by atoms with Gasteiger partial charge in [0.15, 0.2) is 6.54 Å². The van der Waals surface area contributed by atoms with E-state index in [4.69, 9.17) is 0 Å². The van der Waals surface area contributed by atoms with E-state index >= 15 is 0 Å². The van der Waals surface area contributed by atoms with E-state index in [1.807, 2.05) is 18.2 Å². The van der Waals surface area contributed by atoms with Crippen molar-refractivity contribution in [3.05, 3.63) is 58.1 Å². The minimum atomic E-state index is -4.20. The highest BCUT2D eigenvalue weighted by Crippen LogP contribution is 2.46. The summed E-state index contributed by atoms with van der Waals surface area (Å²) in [6.07, 6.45) is 2.45. The second-order valence-electron chi connectivity index (χ2n) is 6.79. The molecule has 1 aliphatic heterocycles. The Balaban J connectivity index is 1.70. The molecule has 0 saturated heterocycles. The van der Waals surface area contributed by atoms with Crippen LogP contribution >= 0.6 is 23.1 Å². The lowest BCUT2D eigenvalue weighted by atomic mass is 10.2. The standard InChI is InChI=1S/C20H20N2O3S3/c1-14-8-9-18-16(12-14)21(2)19(26-18)13-20-22(10-5-11-28(23,24)25)15-6-3-4-7-17(15)27-20/h3-4,6-9,12-13H,5,10-11H2,1-2H3. The van der Waals surface area contributed by atoms with Gasteiger partial charge >= 0.3 is 0 Å². The predicted molar refractivity (Wildman–Crippen MR) is 115 cm³/mol. The van der Waals surface area contributed by atoms with Crippen LogP contribution < -0.4 is 9.47 Å². The Bertz CT molecular complexity index is 1180. The maximum Gasteiger partial charge on any atom is 0.265 e. The number of nitrogens with zero attached hydrogens (tertiary/aromatic N) is 2. The molecule has 0 amide bonds. The number of para-hydroxylation sites is 1. The van der Waals surface area contributed by atoms with Gasteiger partial charge in [0, 0.05) is 30.2 Å². The van der Waals surface area contributed by atoms with Crippen molar-refractivity contribution in [2.45, 2.75) is 24.8 Å². The Labute approximate surface area is 173 Å². The van der Waals surface area contributed by atoms with Crippen LogP contribution in [0.4, 0.5) is 5.69 Å². The van der Waals surface area contributed by atoms with E-state index in [2.05, 4.69) is 53.8 Å². The van der Waals surface area contributed by atoms with Crippen molar-refractivity contribution in [2.24, 2.45) is 0 Å². The second kappa shape index (κ2) is 7.51. The molecule has 0 unspecified atom stereocenters. The van der Waals surface area contributed by atoms with E-state index in [1.54, 1.807) is 23.1 Å². The Kier molecular flexibility index (Phi) is 5.22. The molecule has 0 atom stereocenters. The lowest BCUT2D eigenvalue weighted by Gasteiger charge is -2.13. The van der Waals surface area contributed by atoms with Gasteiger partial charge in [0.25, 0.3) is 5.01 Å². The maximum atomic E-state index is 11.0. The second-order valence-corrected chi connectivity index (χ2v) is 10.4. The molecule has 2 heterocycles. The lowest BCUT2D eigenvalue weighted by Crippen LogP contribution is -2.36. The summed E-state index contributed by atoms with van der Waals surface area (Å²) in [6, 6.07) is 14.5. The van der Waals surface area contributed by atoms with Crippen LogP contribution in [0.3, 0.4) is 0 Å². The number of aromatic nitrogens is 1. The van der Waals surface area contributed by atoms with E-state index in [1.165, 1.54) is 16.1 Å². The van der Waals surface area contributed by atoms with Gasteiger partial charge in [0.05, 0.1) is 26.9 Å². The third kappa shape index (κ3) is 3.96. The van der Waals surface area contributed by atoms with Crippen molar-refractivity contribution < 1.29 is 17.5 Å². The molecule has 0 saturated carbocycles. The molecular formula is C20H20N2O3S3. The number of hydrogen-bond donors (Lipinski definition) is 0. The van der Waals surface area contributed by atoms with Crippen LogP contribution in [0.15, 0.2) is 52.4 Å². The van der Waals surface area contributed by atoms with E-state index < -0.39 is 10.1 Å². The molecule has 146 valence electrons. The van der Waals surface area contributed by atoms with Gasteiger partial charge in [-0.1, -0.05) is 41.3 Å². The fourth-order valence-electron chi connectivity index (χ4n) is 3.30. The Hall–Kier alpha value is -1.87. The Morgan fingerprint density at radius 2 is 2.00 bits per heavy atom. The van der Waals surface area contributed by atoms with Crippen molar-refractivity contribution in [3.63, 3.8) is 0 Å². The highest BCUT2D eigenvalue weighted by Gasteiger charge is 2.25. The molecule has 0 N–H and O–H groups in total. The van der Waals surface area contributed by atoms with Crippen LogP contribution in [0.5, 0.6) is 0 Å². The van der Waals surface area contributed by atoms with Gasteiger partial charge in [0.2, 0.25) is 5.52 Å². The summed E-state index contributed by atoms with van der Waals surface area (Å²) in [7, 11) is -2.14. The summed E-state index contributed by atoms with van der Waals surface area (Å²) < 4.78 is 36.2. The van der Waals surface area contributed by atoms with Gasteiger partial charge < -0.3 is 9.45 Å². The highest BCUT2D eigenvalue weighted by molar-refractivity contribution is 8.03. The number of anilines is 1. The molecule has 0 aliphatic carbocycles. The first-order chi connectivity index (χ1) is 13.3. The zero-order valence-electron chi connectivity index (χ0n) is 15.6. The zero-order chi connectivity index (χ0) is 19.9. The van der Waals surface area contributed by atoms with Crippen molar-refractivity contribution in [3.8, 4) is 0 Å². The van der Waals surface area contributed by atoms with Gasteiger partial charge in [-0.05, 0) is 30.7 Å². The monoisotopic (exact) mass is 432 g/mol. The van der Waals surface area contributed by atoms with Crippen LogP contribution in [0.25, 0.3) is 16.3 Å². The fraction of sp³-hybridized carbons (Fsp3) is 0.250. The third-order valence-corrected chi connectivity index (χ3v) is 7.75. The molecular weight excluding hydrogens is 412 g/mol. The SMILES string of the molecule is Cc1ccc2c(c1)N(C)C(=Cc1sc3ccccc3[n+]1CCCS(=O)(=O)[O-])S2. The number of thiazole rings is 1. The Morgan fingerprint density at radius 1 is 1.21 bits per heavy atom. The van der Waals surface area contributed by atoms with E-state index in [-0.39, 0.29) is 5.75 Å². The van der Waals surface area contributed by atoms with Gasteiger partial charge in [0.1, 0.15) is 4.70 Å². The van der Waals surface area contributed by atoms with Crippen molar-refractivity contribution in [2.75, 3.05) is 17.7 Å². The molecule has 2 aromatic carbocycles. The minimum Gasteiger partial charge on any atom is -0.748 e. The highest BCUT2D eigenvalue weighted by atomic mass is 32.2. The van der Waals surface area contributed by atoms with Crippen molar-refractivity contribution >= 4 is 55.2 Å². The molecule has 1 aliphatic rings. The van der Waals surface area contributed by atoms with Crippen LogP contribution in [0.2, 0.25) is 0 Å². The van der Waals surface area contributed by atoms with E-state index in [0.717, 1.165) is 20.3 Å². The number of hydrogen-bond acceptors (Lipinski definition) is 6. The number of rotatable bonds is 5.